The van der Waals surface area contributed by atoms with E-state index in [0.29, 0.717) is 78.7 Å². The minimum Gasteiger partial charge on any atom is -0.478 e. The van der Waals surface area contributed by atoms with E-state index in [1.54, 1.807) is 61.5 Å². The van der Waals surface area contributed by atoms with Gasteiger partial charge in [0.2, 0.25) is 0 Å². The number of carboxylic acids is 1. The summed E-state index contributed by atoms with van der Waals surface area (Å²) in [5.74, 6) is -0.830. The fraction of sp³-hybridized carbons (Fsp3) is 0.210. The number of aryl methyl sites for hydroxylation is 3. The van der Waals surface area contributed by atoms with E-state index in [1.807, 2.05) is 46.2 Å². The van der Waals surface area contributed by atoms with E-state index >= 15 is 0 Å². The molecule has 4 amide bonds. The van der Waals surface area contributed by atoms with Crippen LogP contribution < -0.4 is 16.0 Å². The van der Waals surface area contributed by atoms with Crippen LogP contribution in [0.4, 0.5) is 21.0 Å². The van der Waals surface area contributed by atoms with Crippen LogP contribution in [0.3, 0.4) is 0 Å². The number of fused-ring (bicyclic) bond motifs is 3. The van der Waals surface area contributed by atoms with Gasteiger partial charge in [-0.2, -0.15) is 0 Å². The fourth-order valence-electron chi connectivity index (χ4n) is 13.7. The van der Waals surface area contributed by atoms with E-state index in [4.69, 9.17) is 79.4 Å². The van der Waals surface area contributed by atoms with Gasteiger partial charge < -0.3 is 35.6 Å². The number of likely N-dealkylation sites (tertiary alicyclic amines) is 2. The topological polar surface area (TPSA) is 140 Å². The quantitative estimate of drug-likeness (QED) is 0.0946. The molecule has 6 atom stereocenters. The number of rotatable bonds is 11. The van der Waals surface area contributed by atoms with Crippen LogP contribution in [0.5, 0.6) is 0 Å². The second-order valence-electron chi connectivity index (χ2n) is 25.6. The highest BCUT2D eigenvalue weighted by Gasteiger charge is 2.39. The SMILES string of the molecule is CCOC(=O)c1ccc(NC(=O)N2C[C@H](c3cc(Cl)cc(Cl)c3)C[C@@H]2c2ccc3cc(C)ccc3c2)cc1.Cc1ccc2cc([C@H]3C[C@@H](c4cc(Cl)cc(Cl)c4)CN3)ccc2c1.Cc1ccc2cc([C@H]3C[C@@H](c4cc(Cl)cc(Cl)c4)CN3C(=O)Nc3ccc(C(=O)O)cc3)ccc2c1. The van der Waals surface area contributed by atoms with Crippen LogP contribution in [0, 0.1) is 20.8 Å². The Morgan fingerprint density at radius 2 is 0.765 bits per heavy atom. The van der Waals surface area contributed by atoms with E-state index in [2.05, 4.69) is 146 Å². The molecule has 11 aromatic rings. The largest absolute Gasteiger partial charge is 0.478 e. The molecule has 11 aromatic carbocycles. The Morgan fingerprint density at radius 1 is 0.418 bits per heavy atom. The van der Waals surface area contributed by atoms with Crippen LogP contribution >= 0.6 is 69.6 Å². The van der Waals surface area contributed by atoms with Gasteiger partial charge in [-0.1, -0.05) is 177 Å². The molecular formula is C81H71Cl6N5O6. The second kappa shape index (κ2) is 30.6. The predicted molar refractivity (Wildman–Crippen MR) is 401 cm³/mol. The highest BCUT2D eigenvalue weighted by atomic mass is 35.5. The van der Waals surface area contributed by atoms with Gasteiger partial charge >= 0.3 is 24.0 Å². The molecule has 14 rings (SSSR count). The zero-order chi connectivity index (χ0) is 68.9. The summed E-state index contributed by atoms with van der Waals surface area (Å²) in [5, 5.41) is 29.6. The minimum absolute atomic E-state index is 0.0556. The smallest absolute Gasteiger partial charge is 0.338 e. The van der Waals surface area contributed by atoms with Crippen LogP contribution in [0.25, 0.3) is 32.3 Å². The van der Waals surface area contributed by atoms with Gasteiger partial charge in [0, 0.05) is 79.0 Å². The lowest BCUT2D eigenvalue weighted by Crippen LogP contribution is -2.34. The summed E-state index contributed by atoms with van der Waals surface area (Å²) in [4.78, 5) is 53.9. The highest BCUT2D eigenvalue weighted by molar-refractivity contribution is 6.36. The van der Waals surface area contributed by atoms with E-state index < -0.39 is 5.97 Å². The lowest BCUT2D eigenvalue weighted by Gasteiger charge is -2.25. The molecule has 17 heteroatoms. The molecule has 0 aromatic heterocycles. The molecule has 3 fully saturated rings. The molecule has 98 heavy (non-hydrogen) atoms. The van der Waals surface area contributed by atoms with Crippen LogP contribution in [-0.2, 0) is 4.74 Å². The lowest BCUT2D eigenvalue weighted by molar-refractivity contribution is 0.0525. The number of amides is 4. The van der Waals surface area contributed by atoms with Crippen molar-refractivity contribution in [2.75, 3.05) is 36.9 Å². The third-order valence-electron chi connectivity index (χ3n) is 18.6. The Labute approximate surface area is 600 Å². The van der Waals surface area contributed by atoms with Gasteiger partial charge in [-0.3, -0.25) is 0 Å². The van der Waals surface area contributed by atoms with Crippen molar-refractivity contribution in [3.63, 3.8) is 0 Å². The first kappa shape index (κ1) is 69.3. The Bertz CT molecular complexity index is 4760. The number of aromatic carboxylic acids is 1. The van der Waals surface area contributed by atoms with E-state index in [1.165, 1.54) is 56.1 Å². The summed E-state index contributed by atoms with van der Waals surface area (Å²) in [7, 11) is 0. The molecule has 0 radical (unpaired) electrons. The first-order valence-electron chi connectivity index (χ1n) is 32.5. The molecule has 0 bridgehead atoms. The standard InChI is InChI=1S/C31H28Cl2N2O3.C29H24Cl2N2O3.C21H19Cl2N/c1-3-38-30(36)20-8-10-28(11-9-20)34-31(37)35-18-25(24-14-26(32)17-27(33)15-24)16-29(35)23-7-6-21-12-19(2)4-5-22(21)13-23;1-17-2-3-20-11-21(5-4-19(20)10-17)27-14-23(22-12-24(30)15-25(31)13-22)16-33(27)29(36)32-26-8-6-18(7-9-26)28(34)35;1-13-2-3-15-7-16(5-4-14(15)6-13)21-10-18(12-24-21)17-8-19(22)11-20(23)9-17/h4-15,17,25,29H,3,16,18H2,1-2H3,(H,34,37);2-13,15,23,27H,14,16H2,1H3,(H,32,36)(H,34,35);2-9,11,18,21,24H,10,12H2,1H3/t25-,29-;23-,27-;18-,21-/m111/s1. The second-order valence-corrected chi connectivity index (χ2v) is 28.2. The van der Waals surface area contributed by atoms with Crippen LogP contribution in [-0.4, -0.2) is 65.1 Å². The molecular weight excluding hydrogens is 1350 g/mol. The minimum atomic E-state index is -1.01. The zero-order valence-electron chi connectivity index (χ0n) is 54.3. The lowest BCUT2D eigenvalue weighted by atomic mass is 9.93. The Morgan fingerprint density at radius 3 is 1.15 bits per heavy atom. The summed E-state index contributed by atoms with van der Waals surface area (Å²) in [6, 6.07) is 68.2. The number of hydrogen-bond donors (Lipinski definition) is 4. The Kier molecular flexibility index (Phi) is 21.7. The van der Waals surface area contributed by atoms with Crippen molar-refractivity contribution in [3.05, 3.63) is 304 Å². The van der Waals surface area contributed by atoms with Crippen molar-refractivity contribution in [2.24, 2.45) is 0 Å². The van der Waals surface area contributed by atoms with Gasteiger partial charge in [-0.05, 0) is 240 Å². The maximum absolute atomic E-state index is 13.6. The van der Waals surface area contributed by atoms with Crippen molar-refractivity contribution in [2.45, 2.75) is 82.8 Å². The number of nitrogens with one attached hydrogen (secondary N) is 3. The molecule has 3 saturated heterocycles. The van der Waals surface area contributed by atoms with Crippen LogP contribution in [0.2, 0.25) is 30.1 Å². The van der Waals surface area contributed by atoms with Crippen molar-refractivity contribution in [1.29, 1.82) is 0 Å². The first-order chi connectivity index (χ1) is 47.1. The third-order valence-corrected chi connectivity index (χ3v) is 19.9. The molecule has 0 aliphatic carbocycles. The normalized spacial score (nSPS) is 18.0. The molecule has 4 N–H and O–H groups in total. The number of esters is 1. The molecule has 3 aliphatic rings. The zero-order valence-corrected chi connectivity index (χ0v) is 58.8. The van der Waals surface area contributed by atoms with Crippen molar-refractivity contribution >= 4 is 137 Å². The molecule has 498 valence electrons. The summed E-state index contributed by atoms with van der Waals surface area (Å²) in [5.41, 5.74) is 12.1. The summed E-state index contributed by atoms with van der Waals surface area (Å²) in [6.45, 7) is 10.3. The third kappa shape index (κ3) is 16.7. The van der Waals surface area contributed by atoms with Crippen LogP contribution in [0.15, 0.2) is 212 Å². The monoisotopic (exact) mass is 1420 g/mol. The summed E-state index contributed by atoms with van der Waals surface area (Å²) >= 11 is 37.5. The molecule has 11 nitrogen and oxygen atoms in total. The van der Waals surface area contributed by atoms with E-state index in [-0.39, 0.29) is 47.5 Å². The molecule has 0 spiro atoms. The number of urea groups is 2. The number of halogens is 6. The number of benzene rings is 11. The number of hydrogen-bond acceptors (Lipinski definition) is 6. The Hall–Kier alpha value is -8.62. The number of nitrogens with zero attached hydrogens (tertiary/aromatic N) is 2. The number of carboxylic acid groups (broad SMARTS) is 1. The van der Waals surface area contributed by atoms with Gasteiger partial charge in [0.25, 0.3) is 0 Å². The van der Waals surface area contributed by atoms with Crippen molar-refractivity contribution in [1.82, 2.24) is 15.1 Å². The molecule has 0 saturated carbocycles. The molecule has 0 unspecified atom stereocenters. The van der Waals surface area contributed by atoms with Gasteiger partial charge in [0.05, 0.1) is 29.8 Å². The van der Waals surface area contributed by atoms with Crippen molar-refractivity contribution < 1.29 is 29.0 Å². The Balaban J connectivity index is 0.000000143. The van der Waals surface area contributed by atoms with Gasteiger partial charge in [-0.15, -0.1) is 0 Å². The number of carbonyl (C=O) groups is 4. The number of carbonyl (C=O) groups excluding carboxylic acids is 3. The fourth-order valence-corrected chi connectivity index (χ4v) is 15.3. The van der Waals surface area contributed by atoms with Gasteiger partial charge in [0.1, 0.15) is 0 Å². The highest BCUT2D eigenvalue weighted by Crippen LogP contribution is 2.45. The summed E-state index contributed by atoms with van der Waals surface area (Å²) < 4.78 is 5.05. The maximum Gasteiger partial charge on any atom is 0.338 e. The predicted octanol–water partition coefficient (Wildman–Crippen LogP) is 22.6. The summed E-state index contributed by atoms with van der Waals surface area (Å²) in [6.07, 6.45) is 2.52. The van der Waals surface area contributed by atoms with Gasteiger partial charge in [-0.25, -0.2) is 19.2 Å². The average Bonchev–Trinajstić information content (AvgIpc) is 1.59. The first-order valence-corrected chi connectivity index (χ1v) is 34.8. The average molecular weight is 1420 g/mol. The van der Waals surface area contributed by atoms with Crippen LogP contribution in [0.1, 0.15) is 133 Å². The maximum atomic E-state index is 13.6. The van der Waals surface area contributed by atoms with E-state index in [9.17, 15) is 19.2 Å². The number of ether oxygens (including phenoxy) is 1. The van der Waals surface area contributed by atoms with Gasteiger partial charge in [0.15, 0.2) is 0 Å². The molecule has 3 aliphatic heterocycles. The molecule has 3 heterocycles. The number of anilines is 2. The van der Waals surface area contributed by atoms with Crippen molar-refractivity contribution in [3.8, 4) is 0 Å². The van der Waals surface area contributed by atoms with E-state index in [0.717, 1.165) is 64.2 Å².